The van der Waals surface area contributed by atoms with E-state index in [2.05, 4.69) is 22.9 Å². The molecular weight excluding hydrogens is 649 g/mol. The number of nitrogens with zero attached hydrogens (tertiary/aromatic N) is 5. The Balaban J connectivity index is 1.90. The summed E-state index contributed by atoms with van der Waals surface area (Å²) in [5.41, 5.74) is -0.112. The Hall–Kier alpha value is -4.11. The van der Waals surface area contributed by atoms with Crippen LogP contribution in [0.5, 0.6) is 5.75 Å². The standard InChI is InChI=1S/C31H27Cl3F2N6O3/c1-5-19(43)40-8-10-41(11-9-40)28-16-12-18(32)26(20-21(33)22(34)23(35)24(36)29(20)44)39-30(16)42(31(45)17(28)13-37)27-15(4)6-7-38-25(27)14(2)3/h5-7,12,14,25,38,44H,1,8-11H2,2-4H3. The largest absolute Gasteiger partial charge is 0.504 e. The topological polar surface area (TPSA) is 114 Å². The maximum absolute atomic E-state index is 14.7. The number of carbonyl (C=O) groups is 1. The first-order valence-electron chi connectivity index (χ1n) is 13.9. The van der Waals surface area contributed by atoms with Gasteiger partial charge in [0.15, 0.2) is 11.6 Å². The fraction of sp³-hybridized carbons (Fsp3) is 0.290. The molecule has 1 amide bonds. The molecule has 2 aromatic heterocycles. The number of benzene rings is 1. The summed E-state index contributed by atoms with van der Waals surface area (Å²) in [4.78, 5) is 34.7. The third kappa shape index (κ3) is 5.31. The molecule has 1 unspecified atom stereocenters. The molecule has 0 spiro atoms. The quantitative estimate of drug-likeness (QED) is 0.191. The second kappa shape index (κ2) is 12.4. The predicted octanol–water partition coefficient (Wildman–Crippen LogP) is 6.09. The Morgan fingerprint density at radius 1 is 1.20 bits per heavy atom. The molecule has 2 aliphatic heterocycles. The highest BCUT2D eigenvalue weighted by atomic mass is 35.5. The molecule has 2 N–H and O–H groups in total. The number of pyridine rings is 2. The lowest BCUT2D eigenvalue weighted by Crippen LogP contribution is -2.49. The van der Waals surface area contributed by atoms with Crippen LogP contribution in [0.3, 0.4) is 0 Å². The molecule has 5 rings (SSSR count). The molecule has 45 heavy (non-hydrogen) atoms. The Morgan fingerprint density at radius 3 is 2.47 bits per heavy atom. The molecule has 3 aromatic rings. The molecule has 1 fully saturated rings. The first-order valence-corrected chi connectivity index (χ1v) is 15.0. The van der Waals surface area contributed by atoms with Crippen LogP contribution in [0.4, 0.5) is 14.5 Å². The van der Waals surface area contributed by atoms with Crippen molar-refractivity contribution in [1.82, 2.24) is 19.8 Å². The summed E-state index contributed by atoms with van der Waals surface area (Å²) in [5, 5.41) is 23.1. The number of hydrogen-bond donors (Lipinski definition) is 2. The average molecular weight is 676 g/mol. The lowest BCUT2D eigenvalue weighted by molar-refractivity contribution is -0.126. The van der Waals surface area contributed by atoms with Crippen molar-refractivity contribution in [2.75, 3.05) is 31.1 Å². The number of phenols is 1. The fourth-order valence-electron chi connectivity index (χ4n) is 5.72. The zero-order valence-corrected chi connectivity index (χ0v) is 26.7. The van der Waals surface area contributed by atoms with Crippen molar-refractivity contribution < 1.29 is 18.7 Å². The summed E-state index contributed by atoms with van der Waals surface area (Å²) in [6, 6.07) is 3.11. The van der Waals surface area contributed by atoms with Crippen LogP contribution in [0.25, 0.3) is 28.0 Å². The summed E-state index contributed by atoms with van der Waals surface area (Å²) < 4.78 is 30.3. The van der Waals surface area contributed by atoms with Crippen molar-refractivity contribution in [1.29, 1.82) is 5.26 Å². The molecule has 0 radical (unpaired) electrons. The minimum atomic E-state index is -1.65. The first-order chi connectivity index (χ1) is 21.3. The van der Waals surface area contributed by atoms with Gasteiger partial charge in [-0.2, -0.15) is 9.65 Å². The number of nitrogens with one attached hydrogen (secondary N) is 1. The van der Waals surface area contributed by atoms with Crippen LogP contribution >= 0.6 is 34.8 Å². The number of anilines is 1. The van der Waals surface area contributed by atoms with Gasteiger partial charge in [0.2, 0.25) is 11.7 Å². The van der Waals surface area contributed by atoms with Gasteiger partial charge in [0.05, 0.1) is 43.8 Å². The van der Waals surface area contributed by atoms with Crippen molar-refractivity contribution >= 4 is 63.1 Å². The molecule has 0 bridgehead atoms. The van der Waals surface area contributed by atoms with E-state index in [1.54, 1.807) is 22.1 Å². The second-order valence-corrected chi connectivity index (χ2v) is 12.1. The van der Waals surface area contributed by atoms with Crippen LogP contribution in [0, 0.1) is 28.9 Å². The van der Waals surface area contributed by atoms with E-state index in [-0.39, 0.29) is 52.5 Å². The molecule has 2 aliphatic rings. The molecule has 4 heterocycles. The lowest BCUT2D eigenvalue weighted by Gasteiger charge is -2.37. The van der Waals surface area contributed by atoms with Gasteiger partial charge in [0.1, 0.15) is 17.3 Å². The van der Waals surface area contributed by atoms with E-state index in [9.17, 15) is 28.7 Å². The maximum Gasteiger partial charge on any atom is 0.276 e. The summed E-state index contributed by atoms with van der Waals surface area (Å²) in [7, 11) is 0. The molecule has 9 nitrogen and oxygen atoms in total. The summed E-state index contributed by atoms with van der Waals surface area (Å²) in [6.07, 6.45) is 4.76. The zero-order valence-electron chi connectivity index (χ0n) is 24.4. The van der Waals surface area contributed by atoms with E-state index >= 15 is 0 Å². The van der Waals surface area contributed by atoms with Crippen molar-refractivity contribution in [3.05, 3.63) is 79.2 Å². The summed E-state index contributed by atoms with van der Waals surface area (Å²) in [6.45, 7) is 10.4. The monoisotopic (exact) mass is 674 g/mol. The van der Waals surface area contributed by atoms with Crippen molar-refractivity contribution in [3.63, 3.8) is 0 Å². The van der Waals surface area contributed by atoms with E-state index in [0.717, 1.165) is 0 Å². The molecule has 1 saturated heterocycles. The molecule has 0 aliphatic carbocycles. The van der Waals surface area contributed by atoms with Crippen LogP contribution in [0.2, 0.25) is 15.1 Å². The Kier molecular flexibility index (Phi) is 8.86. The van der Waals surface area contributed by atoms with Gasteiger partial charge >= 0.3 is 0 Å². The van der Waals surface area contributed by atoms with Crippen LogP contribution in [0.15, 0.2) is 41.4 Å². The number of fused-ring (bicyclic) bond motifs is 1. The number of hydrogen-bond acceptors (Lipinski definition) is 7. The predicted molar refractivity (Wildman–Crippen MR) is 172 cm³/mol. The maximum atomic E-state index is 14.7. The van der Waals surface area contributed by atoms with E-state index < -0.39 is 44.6 Å². The van der Waals surface area contributed by atoms with E-state index in [0.29, 0.717) is 29.7 Å². The third-order valence-electron chi connectivity index (χ3n) is 7.96. The van der Waals surface area contributed by atoms with E-state index in [1.807, 2.05) is 20.8 Å². The molecule has 1 atom stereocenters. The number of amides is 1. The zero-order chi connectivity index (χ0) is 32.9. The highest BCUT2D eigenvalue weighted by Crippen LogP contribution is 2.46. The van der Waals surface area contributed by atoms with Crippen molar-refractivity contribution in [2.24, 2.45) is 5.92 Å². The van der Waals surface area contributed by atoms with Gasteiger partial charge in [-0.3, -0.25) is 14.2 Å². The van der Waals surface area contributed by atoms with Crippen LogP contribution in [-0.4, -0.2) is 57.7 Å². The number of allylic oxidation sites excluding steroid dienone is 2. The number of halogens is 5. The molecule has 1 aromatic carbocycles. The van der Waals surface area contributed by atoms with Gasteiger partial charge in [-0.25, -0.2) is 9.37 Å². The molecular formula is C31H27Cl3F2N6O3. The number of nitriles is 1. The third-order valence-corrected chi connectivity index (χ3v) is 9.08. The summed E-state index contributed by atoms with van der Waals surface area (Å²) in [5.74, 6) is -4.64. The highest BCUT2D eigenvalue weighted by molar-refractivity contribution is 6.44. The summed E-state index contributed by atoms with van der Waals surface area (Å²) >= 11 is 19.0. The molecule has 234 valence electrons. The molecule has 0 saturated carbocycles. The Morgan fingerprint density at radius 2 is 1.87 bits per heavy atom. The Labute approximate surface area is 272 Å². The van der Waals surface area contributed by atoms with E-state index in [1.165, 1.54) is 16.7 Å². The van der Waals surface area contributed by atoms with Gasteiger partial charge in [0, 0.05) is 31.6 Å². The number of piperazine rings is 1. The van der Waals surface area contributed by atoms with Crippen LogP contribution < -0.4 is 15.8 Å². The van der Waals surface area contributed by atoms with E-state index in [4.69, 9.17) is 34.8 Å². The van der Waals surface area contributed by atoms with Crippen LogP contribution in [-0.2, 0) is 4.79 Å². The number of aromatic nitrogens is 2. The van der Waals surface area contributed by atoms with Gasteiger partial charge in [-0.15, -0.1) is 0 Å². The first kappa shape index (κ1) is 32.3. The lowest BCUT2D eigenvalue weighted by atomic mass is 9.94. The number of carbonyl (C=O) groups excluding carboxylic acids is 1. The SMILES string of the molecule is C=CC(=O)N1CCN(c2c(C#N)c(=O)n(C3=C(C)C=CNC3C(C)C)c3nc(-c4c(O)c(F)c(F)c(Cl)c4Cl)c(Cl)cc23)CC1. The number of aromatic hydroxyl groups is 1. The van der Waals surface area contributed by atoms with Crippen molar-refractivity contribution in [3.8, 4) is 23.1 Å². The minimum absolute atomic E-state index is 0.0198. The Bertz CT molecular complexity index is 1910. The smallest absolute Gasteiger partial charge is 0.276 e. The number of rotatable bonds is 5. The van der Waals surface area contributed by atoms with Crippen molar-refractivity contribution in [2.45, 2.75) is 26.8 Å². The molecule has 14 heteroatoms. The second-order valence-electron chi connectivity index (χ2n) is 11.0. The van der Waals surface area contributed by atoms with Gasteiger partial charge in [-0.05, 0) is 42.8 Å². The van der Waals surface area contributed by atoms with Crippen LogP contribution in [0.1, 0.15) is 26.3 Å². The van der Waals surface area contributed by atoms with Gasteiger partial charge < -0.3 is 20.2 Å². The van der Waals surface area contributed by atoms with Gasteiger partial charge in [0.25, 0.3) is 5.56 Å². The number of dihydropyridines is 1. The highest BCUT2D eigenvalue weighted by Gasteiger charge is 2.33. The minimum Gasteiger partial charge on any atom is -0.504 e. The normalized spacial score (nSPS) is 16.8. The average Bonchev–Trinajstić information content (AvgIpc) is 3.02. The fourth-order valence-corrected chi connectivity index (χ4v) is 6.41. The number of phenolic OH excluding ortho intramolecular Hbond substituents is 1. The van der Waals surface area contributed by atoms with Gasteiger partial charge in [-0.1, -0.05) is 55.2 Å².